The topological polar surface area (TPSA) is 60.8 Å². The number of rotatable bonds is 1. The molecule has 4 heteroatoms. The van der Waals surface area contributed by atoms with Crippen LogP contribution in [-0.4, -0.2) is 46.3 Å². The van der Waals surface area contributed by atoms with Crippen molar-refractivity contribution in [2.24, 2.45) is 0 Å². The zero-order chi connectivity index (χ0) is 13.4. The molecule has 19 heavy (non-hydrogen) atoms. The molecule has 98 valence electrons. The van der Waals surface area contributed by atoms with E-state index < -0.39 is 12.2 Å². The van der Waals surface area contributed by atoms with E-state index >= 15 is 0 Å². The number of benzene rings is 2. The normalized spacial score (nSPS) is 22.9. The first-order valence-corrected chi connectivity index (χ1v) is 6.29. The first kappa shape index (κ1) is 12.1. The molecule has 1 amide bonds. The van der Waals surface area contributed by atoms with Crippen LogP contribution < -0.4 is 0 Å². The number of amides is 1. The molecule has 0 aliphatic carbocycles. The van der Waals surface area contributed by atoms with Crippen molar-refractivity contribution >= 4 is 16.7 Å². The van der Waals surface area contributed by atoms with Crippen molar-refractivity contribution < 1.29 is 15.0 Å². The van der Waals surface area contributed by atoms with Gasteiger partial charge in [-0.15, -0.1) is 0 Å². The van der Waals surface area contributed by atoms with Crippen molar-refractivity contribution in [2.75, 3.05) is 13.1 Å². The summed E-state index contributed by atoms with van der Waals surface area (Å²) in [5.41, 5.74) is 0.583. The van der Waals surface area contributed by atoms with Crippen LogP contribution in [0.1, 0.15) is 10.4 Å². The number of fused-ring (bicyclic) bond motifs is 1. The van der Waals surface area contributed by atoms with E-state index in [0.29, 0.717) is 5.56 Å². The van der Waals surface area contributed by atoms with Gasteiger partial charge >= 0.3 is 0 Å². The highest BCUT2D eigenvalue weighted by Crippen LogP contribution is 2.19. The molecule has 4 nitrogen and oxygen atoms in total. The zero-order valence-electron chi connectivity index (χ0n) is 10.4. The third-order valence-electron chi connectivity index (χ3n) is 3.54. The Balaban J connectivity index is 1.90. The minimum Gasteiger partial charge on any atom is -0.388 e. The van der Waals surface area contributed by atoms with E-state index in [4.69, 9.17) is 0 Å². The molecule has 0 spiro atoms. The molecule has 1 aliphatic heterocycles. The SMILES string of the molecule is O=C(c1ccc2ccccc2c1)N1C[C@@H](O)[C@@H](O)C1. The van der Waals surface area contributed by atoms with E-state index in [1.165, 1.54) is 4.90 Å². The van der Waals surface area contributed by atoms with Gasteiger partial charge in [0, 0.05) is 18.7 Å². The van der Waals surface area contributed by atoms with Crippen LogP contribution in [0.2, 0.25) is 0 Å². The van der Waals surface area contributed by atoms with E-state index in [1.807, 2.05) is 36.4 Å². The number of aliphatic hydroxyl groups is 2. The van der Waals surface area contributed by atoms with Gasteiger partial charge in [0.25, 0.3) is 5.91 Å². The second-order valence-corrected chi connectivity index (χ2v) is 4.91. The first-order chi connectivity index (χ1) is 9.15. The highest BCUT2D eigenvalue weighted by Gasteiger charge is 2.32. The lowest BCUT2D eigenvalue weighted by atomic mass is 10.1. The van der Waals surface area contributed by atoms with Gasteiger partial charge in [0.2, 0.25) is 0 Å². The Labute approximate surface area is 110 Å². The van der Waals surface area contributed by atoms with Crippen LogP contribution >= 0.6 is 0 Å². The van der Waals surface area contributed by atoms with Gasteiger partial charge in [-0.2, -0.15) is 0 Å². The van der Waals surface area contributed by atoms with E-state index in [9.17, 15) is 15.0 Å². The van der Waals surface area contributed by atoms with Gasteiger partial charge in [0.1, 0.15) is 0 Å². The van der Waals surface area contributed by atoms with Gasteiger partial charge in [-0.25, -0.2) is 0 Å². The molecule has 0 bridgehead atoms. The monoisotopic (exact) mass is 257 g/mol. The lowest BCUT2D eigenvalue weighted by Crippen LogP contribution is -2.29. The lowest BCUT2D eigenvalue weighted by molar-refractivity contribution is 0.0572. The second-order valence-electron chi connectivity index (χ2n) is 4.91. The predicted octanol–water partition coefficient (Wildman–Crippen LogP) is 1.02. The largest absolute Gasteiger partial charge is 0.388 e. The van der Waals surface area contributed by atoms with Crippen molar-refractivity contribution in [3.63, 3.8) is 0 Å². The Hall–Kier alpha value is -1.91. The van der Waals surface area contributed by atoms with Crippen LogP contribution in [0.25, 0.3) is 10.8 Å². The summed E-state index contributed by atoms with van der Waals surface area (Å²) >= 11 is 0. The summed E-state index contributed by atoms with van der Waals surface area (Å²) in [6.07, 6.45) is -1.69. The molecule has 1 saturated heterocycles. The number of carbonyl (C=O) groups is 1. The van der Waals surface area contributed by atoms with Gasteiger partial charge in [-0.05, 0) is 22.9 Å². The van der Waals surface area contributed by atoms with Gasteiger partial charge in [0.15, 0.2) is 0 Å². The first-order valence-electron chi connectivity index (χ1n) is 6.29. The fourth-order valence-electron chi connectivity index (χ4n) is 2.44. The Kier molecular flexibility index (Phi) is 2.97. The Morgan fingerprint density at radius 2 is 1.63 bits per heavy atom. The number of hydrogen-bond donors (Lipinski definition) is 2. The summed E-state index contributed by atoms with van der Waals surface area (Å²) < 4.78 is 0. The average molecular weight is 257 g/mol. The van der Waals surface area contributed by atoms with Crippen LogP contribution in [0, 0.1) is 0 Å². The van der Waals surface area contributed by atoms with E-state index in [-0.39, 0.29) is 19.0 Å². The smallest absolute Gasteiger partial charge is 0.254 e. The lowest BCUT2D eigenvalue weighted by Gasteiger charge is -2.15. The number of carbonyl (C=O) groups excluding carboxylic acids is 1. The fraction of sp³-hybridized carbons (Fsp3) is 0.267. The number of β-amino-alcohol motifs (C(OH)–C–C–N with tert-alkyl or cyclic N) is 2. The second kappa shape index (κ2) is 4.64. The van der Waals surface area contributed by atoms with Crippen molar-refractivity contribution in [2.45, 2.75) is 12.2 Å². The molecular formula is C15H15NO3. The molecule has 1 aliphatic rings. The Morgan fingerprint density at radius 1 is 1.00 bits per heavy atom. The quantitative estimate of drug-likeness (QED) is 0.801. The van der Waals surface area contributed by atoms with Crippen molar-refractivity contribution in [1.29, 1.82) is 0 Å². The molecular weight excluding hydrogens is 242 g/mol. The van der Waals surface area contributed by atoms with Crippen LogP contribution in [0.4, 0.5) is 0 Å². The average Bonchev–Trinajstić information content (AvgIpc) is 2.77. The summed E-state index contributed by atoms with van der Waals surface area (Å²) in [7, 11) is 0. The minimum atomic E-state index is -0.843. The number of hydrogen-bond acceptors (Lipinski definition) is 3. The third-order valence-corrected chi connectivity index (χ3v) is 3.54. The molecule has 1 fully saturated rings. The van der Waals surface area contributed by atoms with E-state index in [1.54, 1.807) is 6.07 Å². The van der Waals surface area contributed by atoms with Crippen LogP contribution in [0.5, 0.6) is 0 Å². The molecule has 0 aromatic heterocycles. The standard InChI is InChI=1S/C15H15NO3/c17-13-8-16(9-14(13)18)15(19)12-6-5-10-3-1-2-4-11(10)7-12/h1-7,13-14,17-18H,8-9H2/t13-,14+. The molecule has 1 heterocycles. The van der Waals surface area contributed by atoms with Crippen LogP contribution in [0.15, 0.2) is 42.5 Å². The molecule has 2 atom stereocenters. The predicted molar refractivity (Wildman–Crippen MR) is 71.9 cm³/mol. The number of likely N-dealkylation sites (tertiary alicyclic amines) is 1. The van der Waals surface area contributed by atoms with Crippen LogP contribution in [0.3, 0.4) is 0 Å². The fourth-order valence-corrected chi connectivity index (χ4v) is 2.44. The highest BCUT2D eigenvalue weighted by molar-refractivity contribution is 5.98. The maximum Gasteiger partial charge on any atom is 0.254 e. The maximum atomic E-state index is 12.3. The van der Waals surface area contributed by atoms with E-state index in [2.05, 4.69) is 0 Å². The van der Waals surface area contributed by atoms with Crippen molar-refractivity contribution in [3.8, 4) is 0 Å². The number of aliphatic hydroxyl groups excluding tert-OH is 2. The van der Waals surface area contributed by atoms with E-state index in [0.717, 1.165) is 10.8 Å². The zero-order valence-corrected chi connectivity index (χ0v) is 10.4. The van der Waals surface area contributed by atoms with Gasteiger partial charge in [0.05, 0.1) is 12.2 Å². The summed E-state index contributed by atoms with van der Waals surface area (Å²) in [6.45, 7) is 0.375. The molecule has 2 aromatic rings. The molecule has 2 N–H and O–H groups in total. The van der Waals surface area contributed by atoms with Gasteiger partial charge in [-0.1, -0.05) is 30.3 Å². The molecule has 0 radical (unpaired) electrons. The highest BCUT2D eigenvalue weighted by atomic mass is 16.3. The third kappa shape index (κ3) is 2.20. The molecule has 2 aromatic carbocycles. The summed E-state index contributed by atoms with van der Waals surface area (Å²) in [4.78, 5) is 13.8. The maximum absolute atomic E-state index is 12.3. The van der Waals surface area contributed by atoms with Crippen LogP contribution in [-0.2, 0) is 0 Å². The Bertz CT molecular complexity index is 616. The minimum absolute atomic E-state index is 0.152. The summed E-state index contributed by atoms with van der Waals surface area (Å²) in [5.74, 6) is -0.152. The molecule has 3 rings (SSSR count). The van der Waals surface area contributed by atoms with Crippen molar-refractivity contribution in [3.05, 3.63) is 48.0 Å². The molecule has 0 saturated carbocycles. The van der Waals surface area contributed by atoms with Gasteiger partial charge < -0.3 is 15.1 Å². The van der Waals surface area contributed by atoms with Crippen molar-refractivity contribution in [1.82, 2.24) is 4.90 Å². The van der Waals surface area contributed by atoms with Gasteiger partial charge in [-0.3, -0.25) is 4.79 Å². The number of nitrogens with zero attached hydrogens (tertiary/aromatic N) is 1. The summed E-state index contributed by atoms with van der Waals surface area (Å²) in [5, 5.41) is 21.1. The molecule has 0 unspecified atom stereocenters. The Morgan fingerprint density at radius 3 is 2.32 bits per heavy atom. The summed E-state index contributed by atoms with van der Waals surface area (Å²) in [6, 6.07) is 13.4.